The highest BCUT2D eigenvalue weighted by atomic mass is 32.2. The summed E-state index contributed by atoms with van der Waals surface area (Å²) >= 11 is 1.26. The van der Waals surface area contributed by atoms with Crippen molar-refractivity contribution in [3.63, 3.8) is 0 Å². The summed E-state index contributed by atoms with van der Waals surface area (Å²) in [6.07, 6.45) is 1.38. The molecule has 0 aliphatic heterocycles. The molecule has 0 fully saturated rings. The molecule has 0 unspecified atom stereocenters. The van der Waals surface area contributed by atoms with Crippen molar-refractivity contribution < 1.29 is 4.79 Å². The van der Waals surface area contributed by atoms with Crippen molar-refractivity contribution in [1.29, 1.82) is 0 Å². The molecule has 124 valence electrons. The fourth-order valence-corrected chi connectivity index (χ4v) is 3.90. The normalized spacial score (nSPS) is 11.2. The van der Waals surface area contributed by atoms with Gasteiger partial charge in [-0.25, -0.2) is 9.97 Å². The molecule has 0 aliphatic rings. The predicted octanol–water partition coefficient (Wildman–Crippen LogP) is 4.97. The molecule has 2 aromatic carbocycles. The van der Waals surface area contributed by atoms with E-state index in [0.29, 0.717) is 12.2 Å². The second-order valence-electron chi connectivity index (χ2n) is 5.78. The number of hydrogen-bond donors (Lipinski definition) is 0. The summed E-state index contributed by atoms with van der Waals surface area (Å²) < 4.78 is 2.00. The van der Waals surface area contributed by atoms with E-state index in [-0.39, 0.29) is 5.12 Å². The highest BCUT2D eigenvalue weighted by molar-refractivity contribution is 8.13. The van der Waals surface area contributed by atoms with E-state index >= 15 is 0 Å². The average Bonchev–Trinajstić information content (AvgIpc) is 3.03. The van der Waals surface area contributed by atoms with Gasteiger partial charge < -0.3 is 0 Å². The molecular formula is C20H17N3OS. The van der Waals surface area contributed by atoms with Crippen LogP contribution in [0.5, 0.6) is 0 Å². The van der Waals surface area contributed by atoms with E-state index in [1.165, 1.54) is 11.8 Å². The summed E-state index contributed by atoms with van der Waals surface area (Å²) in [7, 11) is 0. The van der Waals surface area contributed by atoms with Gasteiger partial charge in [0.1, 0.15) is 10.7 Å². The zero-order chi connectivity index (χ0) is 17.2. The van der Waals surface area contributed by atoms with Crippen molar-refractivity contribution >= 4 is 33.7 Å². The van der Waals surface area contributed by atoms with Crippen LogP contribution in [0.1, 0.15) is 19.8 Å². The van der Waals surface area contributed by atoms with Gasteiger partial charge in [-0.1, -0.05) is 55.5 Å². The van der Waals surface area contributed by atoms with Gasteiger partial charge in [-0.05, 0) is 30.3 Å². The van der Waals surface area contributed by atoms with Crippen molar-refractivity contribution in [3.8, 4) is 11.3 Å². The van der Waals surface area contributed by atoms with Gasteiger partial charge in [0, 0.05) is 12.0 Å². The summed E-state index contributed by atoms with van der Waals surface area (Å²) in [4.78, 5) is 21.7. The minimum Gasteiger partial charge on any atom is -0.287 e. The average molecular weight is 347 g/mol. The number of rotatable bonds is 4. The molecule has 4 rings (SSSR count). The first-order valence-corrected chi connectivity index (χ1v) is 9.13. The first-order chi connectivity index (χ1) is 12.3. The Morgan fingerprint density at radius 3 is 2.48 bits per heavy atom. The SMILES string of the molecule is CCCC(=O)Sc1c(-c2ccccc2)nc2nc3cccccc3n12. The fourth-order valence-electron chi connectivity index (χ4n) is 2.85. The third kappa shape index (κ3) is 2.91. The van der Waals surface area contributed by atoms with E-state index in [9.17, 15) is 4.79 Å². The molecule has 0 amide bonds. The summed E-state index contributed by atoms with van der Waals surface area (Å²) in [6.45, 7) is 2.02. The van der Waals surface area contributed by atoms with Gasteiger partial charge in [0.05, 0.1) is 11.0 Å². The van der Waals surface area contributed by atoms with Crippen molar-refractivity contribution in [2.45, 2.75) is 24.8 Å². The quantitative estimate of drug-likeness (QED) is 0.489. The molecule has 0 radical (unpaired) electrons. The highest BCUT2D eigenvalue weighted by Crippen LogP contribution is 2.35. The maximum atomic E-state index is 12.4. The van der Waals surface area contributed by atoms with E-state index in [1.807, 2.05) is 72.0 Å². The van der Waals surface area contributed by atoms with Crippen molar-refractivity contribution in [3.05, 3.63) is 60.7 Å². The van der Waals surface area contributed by atoms with Crippen LogP contribution in [0.25, 0.3) is 28.1 Å². The lowest BCUT2D eigenvalue weighted by Gasteiger charge is -2.03. The standard InChI is InChI=1S/C20H17N3OS/c1-2-9-17(24)25-19-18(14-10-5-3-6-11-14)22-20-21-15-12-7-4-8-13-16(15)23(19)20/h3-8,10-13H,2,9H2,1H3. The summed E-state index contributed by atoms with van der Waals surface area (Å²) in [6, 6.07) is 19.8. The van der Waals surface area contributed by atoms with Gasteiger partial charge >= 0.3 is 0 Å². The van der Waals surface area contributed by atoms with Gasteiger partial charge in [0.15, 0.2) is 5.12 Å². The smallest absolute Gasteiger partial charge is 0.236 e. The topological polar surface area (TPSA) is 47.3 Å². The molecule has 4 aromatic rings. The van der Waals surface area contributed by atoms with E-state index in [2.05, 4.69) is 4.98 Å². The molecule has 0 N–H and O–H groups in total. The first kappa shape index (κ1) is 15.8. The van der Waals surface area contributed by atoms with E-state index in [4.69, 9.17) is 4.98 Å². The Hall–Kier alpha value is -2.66. The van der Waals surface area contributed by atoms with E-state index in [0.717, 1.165) is 33.7 Å². The van der Waals surface area contributed by atoms with Crippen LogP contribution in [0.3, 0.4) is 0 Å². The number of hydrogen-bond acceptors (Lipinski definition) is 4. The molecule has 0 aliphatic carbocycles. The van der Waals surface area contributed by atoms with Gasteiger partial charge in [0.2, 0.25) is 5.78 Å². The van der Waals surface area contributed by atoms with Gasteiger partial charge in [0.25, 0.3) is 0 Å². The minimum absolute atomic E-state index is 0.149. The molecule has 0 saturated carbocycles. The van der Waals surface area contributed by atoms with Gasteiger partial charge in [-0.2, -0.15) is 0 Å². The molecule has 25 heavy (non-hydrogen) atoms. The molecule has 2 aromatic heterocycles. The zero-order valence-corrected chi connectivity index (χ0v) is 14.7. The van der Waals surface area contributed by atoms with Gasteiger partial charge in [-0.3, -0.25) is 9.20 Å². The number of imidazole rings is 2. The first-order valence-electron chi connectivity index (χ1n) is 8.31. The Bertz CT molecular complexity index is 1060. The molecule has 0 atom stereocenters. The van der Waals surface area contributed by atoms with Gasteiger partial charge in [-0.15, -0.1) is 0 Å². The molecule has 0 saturated heterocycles. The number of aromatic nitrogens is 3. The molecule has 0 bridgehead atoms. The Labute approximate surface area is 149 Å². The Morgan fingerprint density at radius 1 is 1.00 bits per heavy atom. The monoisotopic (exact) mass is 347 g/mol. The van der Waals surface area contributed by atoms with Crippen LogP contribution in [0, 0.1) is 0 Å². The third-order valence-corrected chi connectivity index (χ3v) is 4.98. The molecule has 5 heteroatoms. The van der Waals surface area contributed by atoms with Crippen LogP contribution in [-0.2, 0) is 4.79 Å². The van der Waals surface area contributed by atoms with Crippen LogP contribution in [0.2, 0.25) is 0 Å². The van der Waals surface area contributed by atoms with Crippen LogP contribution in [-0.4, -0.2) is 19.5 Å². The Balaban J connectivity index is 1.99. The van der Waals surface area contributed by atoms with E-state index in [1.54, 1.807) is 0 Å². The number of nitrogens with zero attached hydrogens (tertiary/aromatic N) is 3. The number of carbonyl (C=O) groups excluding carboxylic acids is 1. The van der Waals surface area contributed by atoms with Crippen molar-refractivity contribution in [2.24, 2.45) is 0 Å². The highest BCUT2D eigenvalue weighted by Gasteiger charge is 2.21. The summed E-state index contributed by atoms with van der Waals surface area (Å²) in [5.41, 5.74) is 3.64. The van der Waals surface area contributed by atoms with Crippen LogP contribution >= 0.6 is 11.8 Å². The summed E-state index contributed by atoms with van der Waals surface area (Å²) in [5, 5.41) is 0.990. The maximum absolute atomic E-state index is 12.4. The van der Waals surface area contributed by atoms with Crippen molar-refractivity contribution in [1.82, 2.24) is 14.4 Å². The number of thioether (sulfide) groups is 1. The van der Waals surface area contributed by atoms with Crippen molar-refractivity contribution in [2.75, 3.05) is 0 Å². The lowest BCUT2D eigenvalue weighted by atomic mass is 10.2. The zero-order valence-electron chi connectivity index (χ0n) is 13.8. The third-order valence-electron chi connectivity index (χ3n) is 3.98. The molecule has 2 heterocycles. The van der Waals surface area contributed by atoms with Crippen LogP contribution in [0.4, 0.5) is 0 Å². The molecule has 0 spiro atoms. The predicted molar refractivity (Wildman–Crippen MR) is 102 cm³/mol. The molecule has 4 nitrogen and oxygen atoms in total. The second kappa shape index (κ2) is 6.69. The lowest BCUT2D eigenvalue weighted by molar-refractivity contribution is -0.111. The Morgan fingerprint density at radius 2 is 1.72 bits per heavy atom. The van der Waals surface area contributed by atoms with Crippen LogP contribution in [0.15, 0.2) is 65.7 Å². The number of fused-ring (bicyclic) bond motifs is 3. The minimum atomic E-state index is 0.149. The number of benzene rings is 1. The Kier molecular flexibility index (Phi) is 4.24. The fraction of sp³-hybridized carbons (Fsp3) is 0.150. The largest absolute Gasteiger partial charge is 0.287 e. The van der Waals surface area contributed by atoms with Crippen LogP contribution < -0.4 is 0 Å². The molecular weight excluding hydrogens is 330 g/mol. The second-order valence-corrected chi connectivity index (χ2v) is 6.83. The maximum Gasteiger partial charge on any atom is 0.236 e. The lowest BCUT2D eigenvalue weighted by Crippen LogP contribution is -1.94. The number of carbonyl (C=O) groups is 1. The van der Waals surface area contributed by atoms with E-state index < -0.39 is 0 Å². The summed E-state index contributed by atoms with van der Waals surface area (Å²) in [5.74, 6) is 0.631.